The molecule has 2 heteroatoms. The van der Waals surface area contributed by atoms with Crippen LogP contribution in [-0.2, 0) is 4.74 Å². The molecule has 1 nitrogen and oxygen atoms in total. The molecule has 1 rings (SSSR count). The van der Waals surface area contributed by atoms with Gasteiger partial charge in [0.25, 0.3) is 0 Å². The number of rotatable bonds is 1. The maximum atomic E-state index is 5.56. The van der Waals surface area contributed by atoms with Gasteiger partial charge in [-0.2, -0.15) is 0 Å². The van der Waals surface area contributed by atoms with E-state index in [0.717, 1.165) is 12.8 Å². The second kappa shape index (κ2) is 3.54. The van der Waals surface area contributed by atoms with Gasteiger partial charge in [0.05, 0.1) is 12.2 Å². The maximum absolute atomic E-state index is 5.56. The Labute approximate surface area is 70.6 Å². The molecule has 0 amide bonds. The van der Waals surface area contributed by atoms with E-state index in [1.807, 2.05) is 6.08 Å². The van der Waals surface area contributed by atoms with E-state index in [1.54, 1.807) is 0 Å². The van der Waals surface area contributed by atoms with Crippen LogP contribution in [0.1, 0.15) is 19.8 Å². The molecule has 0 aromatic rings. The summed E-state index contributed by atoms with van der Waals surface area (Å²) in [7, 11) is 0. The topological polar surface area (TPSA) is 9.23 Å². The van der Waals surface area contributed by atoms with Crippen LogP contribution in [0.5, 0.6) is 0 Å². The molecule has 0 saturated carbocycles. The van der Waals surface area contributed by atoms with Crippen molar-refractivity contribution in [3.63, 3.8) is 0 Å². The molecule has 1 saturated heterocycles. The lowest BCUT2D eigenvalue weighted by molar-refractivity contribution is -0.0102. The molecule has 0 aromatic carbocycles. The molecule has 0 spiro atoms. The Balaban J connectivity index is 2.42. The predicted molar refractivity (Wildman–Crippen MR) is 46.5 cm³/mol. The fourth-order valence-electron chi connectivity index (χ4n) is 1.27. The molecule has 1 heterocycles. The normalized spacial score (nSPS) is 41.2. The molecule has 10 heavy (non-hydrogen) atoms. The van der Waals surface area contributed by atoms with E-state index in [9.17, 15) is 0 Å². The van der Waals surface area contributed by atoms with Gasteiger partial charge in [-0.3, -0.25) is 0 Å². The average Bonchev–Trinajstić information content (AvgIpc) is 1.85. The van der Waals surface area contributed by atoms with Crippen LogP contribution < -0.4 is 0 Å². The van der Waals surface area contributed by atoms with E-state index >= 15 is 0 Å². The van der Waals surface area contributed by atoms with Gasteiger partial charge in [0.1, 0.15) is 0 Å². The Morgan fingerprint density at radius 2 is 2.30 bits per heavy atom. The molecule has 0 N–H and O–H groups in total. The third-order valence-corrected chi connectivity index (χ3v) is 2.49. The molecule has 1 aliphatic heterocycles. The summed E-state index contributed by atoms with van der Waals surface area (Å²) in [6.07, 6.45) is 4.69. The highest BCUT2D eigenvalue weighted by Crippen LogP contribution is 2.24. The summed E-state index contributed by atoms with van der Waals surface area (Å²) in [4.78, 5) is 0.610. The summed E-state index contributed by atoms with van der Waals surface area (Å²) < 4.78 is 5.56. The lowest BCUT2D eigenvalue weighted by Gasteiger charge is -2.29. The van der Waals surface area contributed by atoms with E-state index in [1.165, 1.54) is 0 Å². The van der Waals surface area contributed by atoms with Crippen molar-refractivity contribution >= 4 is 15.9 Å². The van der Waals surface area contributed by atoms with Crippen LogP contribution >= 0.6 is 15.9 Å². The summed E-state index contributed by atoms with van der Waals surface area (Å²) in [5.41, 5.74) is 0. The summed E-state index contributed by atoms with van der Waals surface area (Å²) in [5.74, 6) is 0. The molecule has 0 bridgehead atoms. The zero-order valence-electron chi connectivity index (χ0n) is 6.22. The lowest BCUT2D eigenvalue weighted by atomic mass is 10.1. The zero-order valence-corrected chi connectivity index (χ0v) is 7.80. The summed E-state index contributed by atoms with van der Waals surface area (Å²) >= 11 is 3.58. The largest absolute Gasteiger partial charge is 0.371 e. The first kappa shape index (κ1) is 8.28. The fraction of sp³-hybridized carbons (Fsp3) is 0.750. The third-order valence-electron chi connectivity index (χ3n) is 1.75. The molecular formula is C8H13BrO. The van der Waals surface area contributed by atoms with Crippen molar-refractivity contribution in [1.82, 2.24) is 0 Å². The third kappa shape index (κ3) is 2.10. The van der Waals surface area contributed by atoms with Crippen LogP contribution in [0.25, 0.3) is 0 Å². The monoisotopic (exact) mass is 204 g/mol. The van der Waals surface area contributed by atoms with Crippen LogP contribution in [0, 0.1) is 0 Å². The van der Waals surface area contributed by atoms with E-state index in [4.69, 9.17) is 4.74 Å². The van der Waals surface area contributed by atoms with Crippen molar-refractivity contribution in [2.24, 2.45) is 0 Å². The molecular weight excluding hydrogens is 192 g/mol. The lowest BCUT2D eigenvalue weighted by Crippen LogP contribution is -2.29. The molecule has 3 unspecified atom stereocenters. The van der Waals surface area contributed by atoms with Crippen molar-refractivity contribution in [3.05, 3.63) is 12.7 Å². The van der Waals surface area contributed by atoms with Crippen LogP contribution in [0.15, 0.2) is 12.7 Å². The van der Waals surface area contributed by atoms with Crippen LogP contribution in [0.2, 0.25) is 0 Å². The molecule has 1 aliphatic rings. The minimum atomic E-state index is 0.258. The van der Waals surface area contributed by atoms with Crippen LogP contribution in [0.3, 0.4) is 0 Å². The van der Waals surface area contributed by atoms with Crippen LogP contribution in [0.4, 0.5) is 0 Å². The summed E-state index contributed by atoms with van der Waals surface area (Å²) in [5, 5.41) is 0. The van der Waals surface area contributed by atoms with E-state index in [2.05, 4.69) is 29.4 Å². The Morgan fingerprint density at radius 1 is 1.60 bits per heavy atom. The number of ether oxygens (including phenoxy) is 1. The smallest absolute Gasteiger partial charge is 0.0767 e. The highest BCUT2D eigenvalue weighted by Gasteiger charge is 2.22. The Bertz CT molecular complexity index is 114. The number of alkyl halides is 1. The van der Waals surface area contributed by atoms with Crippen molar-refractivity contribution in [1.29, 1.82) is 0 Å². The van der Waals surface area contributed by atoms with E-state index in [-0.39, 0.29) is 6.10 Å². The van der Waals surface area contributed by atoms with Gasteiger partial charge in [-0.15, -0.1) is 6.58 Å². The molecule has 0 aliphatic carbocycles. The van der Waals surface area contributed by atoms with Gasteiger partial charge in [-0.25, -0.2) is 0 Å². The number of hydrogen-bond donors (Lipinski definition) is 0. The Hall–Kier alpha value is 0.180. The van der Waals surface area contributed by atoms with Crippen molar-refractivity contribution in [3.8, 4) is 0 Å². The van der Waals surface area contributed by atoms with Crippen LogP contribution in [-0.4, -0.2) is 17.0 Å². The van der Waals surface area contributed by atoms with Crippen molar-refractivity contribution < 1.29 is 4.74 Å². The standard InChI is InChI=1S/C8H13BrO/c1-3-8-5-7(9)4-6(2)10-8/h3,6-8H,1,4-5H2,2H3. The van der Waals surface area contributed by atoms with Gasteiger partial charge >= 0.3 is 0 Å². The first-order chi connectivity index (χ1) is 4.72. The second-order valence-electron chi connectivity index (χ2n) is 2.79. The second-order valence-corrected chi connectivity index (χ2v) is 4.08. The molecule has 58 valence electrons. The highest BCUT2D eigenvalue weighted by molar-refractivity contribution is 9.09. The minimum Gasteiger partial charge on any atom is -0.371 e. The number of halogens is 1. The summed E-state index contributed by atoms with van der Waals surface area (Å²) in [6.45, 7) is 5.81. The Kier molecular flexibility index (Phi) is 2.93. The number of hydrogen-bond acceptors (Lipinski definition) is 1. The minimum absolute atomic E-state index is 0.258. The van der Waals surface area contributed by atoms with Gasteiger partial charge in [0.15, 0.2) is 0 Å². The highest BCUT2D eigenvalue weighted by atomic mass is 79.9. The first-order valence-corrected chi connectivity index (χ1v) is 4.56. The average molecular weight is 205 g/mol. The fourth-order valence-corrected chi connectivity index (χ4v) is 2.16. The summed E-state index contributed by atoms with van der Waals surface area (Å²) in [6, 6.07) is 0. The molecule has 0 radical (unpaired) electrons. The quantitative estimate of drug-likeness (QED) is 0.472. The van der Waals surface area contributed by atoms with Gasteiger partial charge in [0.2, 0.25) is 0 Å². The van der Waals surface area contributed by atoms with Crippen molar-refractivity contribution in [2.45, 2.75) is 36.8 Å². The first-order valence-electron chi connectivity index (χ1n) is 3.64. The molecule has 3 atom stereocenters. The van der Waals surface area contributed by atoms with E-state index in [0.29, 0.717) is 10.9 Å². The maximum Gasteiger partial charge on any atom is 0.0767 e. The van der Waals surface area contributed by atoms with Crippen molar-refractivity contribution in [2.75, 3.05) is 0 Å². The SMILES string of the molecule is C=CC1CC(Br)CC(C)O1. The van der Waals surface area contributed by atoms with Gasteiger partial charge < -0.3 is 4.74 Å². The zero-order chi connectivity index (χ0) is 7.56. The van der Waals surface area contributed by atoms with Gasteiger partial charge in [-0.05, 0) is 19.8 Å². The van der Waals surface area contributed by atoms with E-state index < -0.39 is 0 Å². The predicted octanol–water partition coefficient (Wildman–Crippen LogP) is 2.50. The molecule has 1 fully saturated rings. The Morgan fingerprint density at radius 3 is 2.80 bits per heavy atom. The molecule has 0 aromatic heterocycles. The van der Waals surface area contributed by atoms with Gasteiger partial charge in [-0.1, -0.05) is 22.0 Å². The van der Waals surface area contributed by atoms with Gasteiger partial charge in [0, 0.05) is 4.83 Å².